The van der Waals surface area contributed by atoms with Gasteiger partial charge in [0.1, 0.15) is 0 Å². The predicted octanol–water partition coefficient (Wildman–Crippen LogP) is 3.42. The van der Waals surface area contributed by atoms with Crippen LogP contribution in [0.15, 0.2) is 22.7 Å². The van der Waals surface area contributed by atoms with Gasteiger partial charge in [-0.1, -0.05) is 29.8 Å². The van der Waals surface area contributed by atoms with Crippen LogP contribution in [-0.2, 0) is 11.0 Å². The van der Waals surface area contributed by atoms with Crippen molar-refractivity contribution >= 4 is 27.6 Å². The summed E-state index contributed by atoms with van der Waals surface area (Å²) in [6.45, 7) is 3.01. The van der Waals surface area contributed by atoms with Gasteiger partial charge in [-0.15, -0.1) is 0 Å². The van der Waals surface area contributed by atoms with Gasteiger partial charge in [0.25, 0.3) is 5.91 Å². The van der Waals surface area contributed by atoms with Crippen molar-refractivity contribution in [1.82, 2.24) is 5.32 Å². The van der Waals surface area contributed by atoms with Crippen molar-refractivity contribution in [2.75, 3.05) is 6.54 Å². The lowest BCUT2D eigenvalue weighted by Gasteiger charge is -2.13. The first-order chi connectivity index (χ1) is 9.12. The molecule has 1 aromatic rings. The summed E-state index contributed by atoms with van der Waals surface area (Å²) in [5.74, 6) is -1.45. The van der Waals surface area contributed by atoms with Gasteiger partial charge in [-0.05, 0) is 18.2 Å². The lowest BCUT2D eigenvalue weighted by molar-refractivity contribution is -0.138. The maximum Gasteiger partial charge on any atom is 0.417 e. The molecule has 0 saturated carbocycles. The molecule has 0 radical (unpaired) electrons. The molecular formula is C13H13BrF3NO2. The first-order valence-corrected chi connectivity index (χ1v) is 6.60. The van der Waals surface area contributed by atoms with Crippen LogP contribution < -0.4 is 5.32 Å². The molecular weight excluding hydrogens is 339 g/mol. The Kier molecular flexibility index (Phi) is 5.33. The predicted molar refractivity (Wildman–Crippen MR) is 71.3 cm³/mol. The largest absolute Gasteiger partial charge is 0.417 e. The topological polar surface area (TPSA) is 46.2 Å². The first-order valence-electron chi connectivity index (χ1n) is 5.80. The molecule has 0 atom stereocenters. The number of carbonyl (C=O) groups is 2. The molecule has 0 saturated heterocycles. The summed E-state index contributed by atoms with van der Waals surface area (Å²) in [7, 11) is 0. The van der Waals surface area contributed by atoms with Crippen LogP contribution in [0.25, 0.3) is 0 Å². The van der Waals surface area contributed by atoms with E-state index in [4.69, 9.17) is 0 Å². The highest BCUT2D eigenvalue weighted by atomic mass is 79.9. The molecule has 7 heteroatoms. The van der Waals surface area contributed by atoms with E-state index in [1.54, 1.807) is 13.8 Å². The highest BCUT2D eigenvalue weighted by Crippen LogP contribution is 2.33. The lowest BCUT2D eigenvalue weighted by atomic mass is 10.1. The van der Waals surface area contributed by atoms with Gasteiger partial charge < -0.3 is 5.32 Å². The molecule has 1 rings (SSSR count). The molecule has 0 fully saturated rings. The Morgan fingerprint density at radius 2 is 1.90 bits per heavy atom. The van der Waals surface area contributed by atoms with Crippen LogP contribution in [0.1, 0.15) is 29.8 Å². The molecule has 1 aromatic carbocycles. The molecule has 0 aromatic heterocycles. The zero-order chi connectivity index (χ0) is 15.5. The van der Waals surface area contributed by atoms with E-state index in [0.29, 0.717) is 0 Å². The molecule has 1 N–H and O–H groups in total. The Balaban J connectivity index is 2.96. The second-order valence-corrected chi connectivity index (χ2v) is 5.41. The van der Waals surface area contributed by atoms with Gasteiger partial charge >= 0.3 is 6.18 Å². The number of Topliss-reactive ketones (excluding diaryl/α,β-unsaturated/α-hetero) is 1. The summed E-state index contributed by atoms with van der Waals surface area (Å²) < 4.78 is 38.8. The molecule has 1 amide bonds. The van der Waals surface area contributed by atoms with Gasteiger partial charge in [-0.3, -0.25) is 9.59 Å². The highest BCUT2D eigenvalue weighted by Gasteiger charge is 2.35. The van der Waals surface area contributed by atoms with E-state index in [2.05, 4.69) is 21.2 Å². The van der Waals surface area contributed by atoms with E-state index in [1.807, 2.05) is 0 Å². The highest BCUT2D eigenvalue weighted by molar-refractivity contribution is 9.10. The van der Waals surface area contributed by atoms with Crippen molar-refractivity contribution in [3.63, 3.8) is 0 Å². The smallest absolute Gasteiger partial charge is 0.345 e. The number of ketones is 1. The van der Waals surface area contributed by atoms with Crippen LogP contribution in [0.2, 0.25) is 0 Å². The van der Waals surface area contributed by atoms with E-state index >= 15 is 0 Å². The maximum atomic E-state index is 12.8. The Hall–Kier alpha value is -1.37. The molecule has 0 bridgehead atoms. The van der Waals surface area contributed by atoms with Gasteiger partial charge in [0.15, 0.2) is 5.78 Å². The fourth-order valence-corrected chi connectivity index (χ4v) is 1.78. The third kappa shape index (κ3) is 4.33. The maximum absolute atomic E-state index is 12.8. The van der Waals surface area contributed by atoms with Crippen LogP contribution in [-0.4, -0.2) is 18.2 Å². The third-order valence-electron chi connectivity index (χ3n) is 2.60. The Morgan fingerprint density at radius 3 is 2.40 bits per heavy atom. The molecule has 20 heavy (non-hydrogen) atoms. The molecule has 0 aliphatic rings. The van der Waals surface area contributed by atoms with Crippen molar-refractivity contribution in [3.05, 3.63) is 33.8 Å². The zero-order valence-corrected chi connectivity index (χ0v) is 12.4. The van der Waals surface area contributed by atoms with Crippen LogP contribution in [0.3, 0.4) is 0 Å². The Bertz CT molecular complexity index is 527. The third-order valence-corrected chi connectivity index (χ3v) is 3.09. The number of amides is 1. The van der Waals surface area contributed by atoms with Gasteiger partial charge in [0.05, 0.1) is 17.7 Å². The number of carbonyl (C=O) groups excluding carboxylic acids is 2. The average molecular weight is 352 g/mol. The van der Waals surface area contributed by atoms with Crippen LogP contribution in [0, 0.1) is 5.92 Å². The van der Waals surface area contributed by atoms with Crippen molar-refractivity contribution in [3.8, 4) is 0 Å². The van der Waals surface area contributed by atoms with E-state index in [0.717, 1.165) is 12.1 Å². The van der Waals surface area contributed by atoms with Crippen molar-refractivity contribution in [2.24, 2.45) is 5.92 Å². The number of hydrogen-bond acceptors (Lipinski definition) is 2. The van der Waals surface area contributed by atoms with Crippen LogP contribution >= 0.6 is 15.9 Å². The molecule has 3 nitrogen and oxygen atoms in total. The SMILES string of the molecule is CC(C)C(=O)CNC(=O)c1ccc(Br)cc1C(F)(F)F. The quantitative estimate of drug-likeness (QED) is 0.903. The average Bonchev–Trinajstić information content (AvgIpc) is 2.34. The summed E-state index contributed by atoms with van der Waals surface area (Å²) in [5, 5.41) is 2.21. The van der Waals surface area contributed by atoms with Gasteiger partial charge in [0, 0.05) is 10.4 Å². The van der Waals surface area contributed by atoms with Gasteiger partial charge in [-0.25, -0.2) is 0 Å². The standard InChI is InChI=1S/C13H13BrF3NO2/c1-7(2)11(19)6-18-12(20)9-4-3-8(14)5-10(9)13(15,16)17/h3-5,7H,6H2,1-2H3,(H,18,20). The fourth-order valence-electron chi connectivity index (χ4n) is 1.42. The number of nitrogens with one attached hydrogen (secondary N) is 1. The monoisotopic (exact) mass is 351 g/mol. The minimum Gasteiger partial charge on any atom is -0.345 e. The summed E-state index contributed by atoms with van der Waals surface area (Å²) in [6.07, 6.45) is -4.64. The van der Waals surface area contributed by atoms with E-state index in [9.17, 15) is 22.8 Å². The van der Waals surface area contributed by atoms with Crippen molar-refractivity contribution in [1.29, 1.82) is 0 Å². The normalized spacial score (nSPS) is 11.6. The molecule has 0 aliphatic carbocycles. The second kappa shape index (κ2) is 6.39. The van der Waals surface area contributed by atoms with Crippen LogP contribution in [0.5, 0.6) is 0 Å². The zero-order valence-electron chi connectivity index (χ0n) is 10.8. The number of halogens is 4. The van der Waals surface area contributed by atoms with Crippen molar-refractivity contribution in [2.45, 2.75) is 20.0 Å². The minimum absolute atomic E-state index is 0.222. The summed E-state index contributed by atoms with van der Waals surface area (Å²) in [4.78, 5) is 23.1. The number of benzene rings is 1. The van der Waals surface area contributed by atoms with Crippen LogP contribution in [0.4, 0.5) is 13.2 Å². The minimum atomic E-state index is -4.64. The Morgan fingerprint density at radius 1 is 1.30 bits per heavy atom. The number of hydrogen-bond donors (Lipinski definition) is 1. The fraction of sp³-hybridized carbons (Fsp3) is 0.385. The van der Waals surface area contributed by atoms with E-state index in [1.165, 1.54) is 6.07 Å². The molecule has 0 aliphatic heterocycles. The summed E-state index contributed by atoms with van der Waals surface area (Å²) in [5.41, 5.74) is -1.54. The molecule has 0 unspecified atom stereocenters. The van der Waals surface area contributed by atoms with Crippen molar-refractivity contribution < 1.29 is 22.8 Å². The van der Waals surface area contributed by atoms with E-state index < -0.39 is 23.2 Å². The van der Waals surface area contributed by atoms with E-state index in [-0.39, 0.29) is 22.7 Å². The Labute approximate surface area is 122 Å². The molecule has 0 spiro atoms. The number of rotatable bonds is 4. The lowest BCUT2D eigenvalue weighted by Crippen LogP contribution is -2.32. The summed E-state index contributed by atoms with van der Waals surface area (Å²) >= 11 is 2.93. The second-order valence-electron chi connectivity index (χ2n) is 4.49. The first kappa shape index (κ1) is 16.7. The summed E-state index contributed by atoms with van der Waals surface area (Å²) in [6, 6.07) is 3.25. The molecule has 0 heterocycles. The molecule has 110 valence electrons. The van der Waals surface area contributed by atoms with Gasteiger partial charge in [0.2, 0.25) is 0 Å². The van der Waals surface area contributed by atoms with Gasteiger partial charge in [-0.2, -0.15) is 13.2 Å². The number of alkyl halides is 3.